The highest BCUT2D eigenvalue weighted by Gasteiger charge is 2.43. The number of carbonyl (C=O) groups is 1. The number of nitriles is 1. The molecule has 3 rings (SSSR count). The Morgan fingerprint density at radius 1 is 1.28 bits per heavy atom. The van der Waals surface area contributed by atoms with Gasteiger partial charge in [-0.05, 0) is 47.9 Å². The maximum absolute atomic E-state index is 12.6. The fraction of sp³-hybridized carbons (Fsp3) is 0.300. The fourth-order valence-corrected chi connectivity index (χ4v) is 4.46. The standard InChI is InChI=1S/C20H16ClF3N2O2S/c21-16-6-5-14-15(7-8-26-10-17(14)28-19(27)20(22,23)24)18(16)29-11-13-3-1-12(9-25)2-4-13/h1-6,17,26H,7-8,10-11H2. The molecule has 1 atom stereocenters. The van der Waals surface area contributed by atoms with Gasteiger partial charge < -0.3 is 10.1 Å². The molecule has 9 heteroatoms. The molecule has 152 valence electrons. The number of ether oxygens (including phenoxy) is 1. The summed E-state index contributed by atoms with van der Waals surface area (Å²) in [5.74, 6) is -1.64. The molecule has 0 spiro atoms. The lowest BCUT2D eigenvalue weighted by Gasteiger charge is -2.21. The van der Waals surface area contributed by atoms with Crippen LogP contribution in [0.1, 0.15) is 28.4 Å². The first-order chi connectivity index (χ1) is 13.8. The molecule has 0 saturated carbocycles. The molecule has 1 heterocycles. The minimum Gasteiger partial charge on any atom is -0.449 e. The lowest BCUT2D eigenvalue weighted by Crippen LogP contribution is -2.30. The van der Waals surface area contributed by atoms with Crippen molar-refractivity contribution in [3.05, 3.63) is 63.7 Å². The third-order valence-electron chi connectivity index (χ3n) is 4.42. The zero-order valence-corrected chi connectivity index (χ0v) is 16.6. The minimum atomic E-state index is -5.05. The van der Waals surface area contributed by atoms with Gasteiger partial charge in [-0.25, -0.2) is 4.79 Å². The Bertz CT molecular complexity index is 942. The molecule has 1 aliphatic rings. The van der Waals surface area contributed by atoms with Gasteiger partial charge in [0.15, 0.2) is 0 Å². The van der Waals surface area contributed by atoms with Crippen LogP contribution in [0.5, 0.6) is 0 Å². The molecule has 0 saturated heterocycles. The Morgan fingerprint density at radius 2 is 2.00 bits per heavy atom. The van der Waals surface area contributed by atoms with Crippen LogP contribution < -0.4 is 5.32 Å². The quantitative estimate of drug-likeness (QED) is 0.546. The average molecular weight is 441 g/mol. The minimum absolute atomic E-state index is 0.0934. The normalized spacial score (nSPS) is 16.4. The van der Waals surface area contributed by atoms with Crippen molar-refractivity contribution in [2.75, 3.05) is 13.1 Å². The fourth-order valence-electron chi connectivity index (χ4n) is 3.02. The number of alkyl halides is 3. The van der Waals surface area contributed by atoms with Crippen molar-refractivity contribution in [3.8, 4) is 6.07 Å². The molecule has 2 aromatic carbocycles. The van der Waals surface area contributed by atoms with Crippen molar-refractivity contribution in [3.63, 3.8) is 0 Å². The van der Waals surface area contributed by atoms with E-state index >= 15 is 0 Å². The summed E-state index contributed by atoms with van der Waals surface area (Å²) in [6, 6.07) is 12.4. The number of hydrogen-bond acceptors (Lipinski definition) is 5. The van der Waals surface area contributed by atoms with E-state index in [1.54, 1.807) is 24.3 Å². The van der Waals surface area contributed by atoms with E-state index in [1.807, 2.05) is 12.1 Å². The first-order valence-corrected chi connectivity index (χ1v) is 10.1. The summed E-state index contributed by atoms with van der Waals surface area (Å²) >= 11 is 7.84. The highest BCUT2D eigenvalue weighted by Crippen LogP contribution is 2.39. The van der Waals surface area contributed by atoms with E-state index in [0.29, 0.717) is 34.9 Å². The Labute approximate surface area is 175 Å². The zero-order chi connectivity index (χ0) is 21.0. The van der Waals surface area contributed by atoms with Gasteiger partial charge in [0.25, 0.3) is 0 Å². The lowest BCUT2D eigenvalue weighted by molar-refractivity contribution is -0.205. The number of carbonyl (C=O) groups excluding carboxylic acids is 1. The second-order valence-corrected chi connectivity index (χ2v) is 7.78. The van der Waals surface area contributed by atoms with Gasteiger partial charge in [0.05, 0.1) is 16.7 Å². The number of benzene rings is 2. The molecule has 1 unspecified atom stereocenters. The summed E-state index contributed by atoms with van der Waals surface area (Å²) < 4.78 is 42.7. The molecular weight excluding hydrogens is 425 g/mol. The largest absolute Gasteiger partial charge is 0.490 e. The third-order valence-corrected chi connectivity index (χ3v) is 6.08. The van der Waals surface area contributed by atoms with Crippen LogP contribution in [0.4, 0.5) is 13.2 Å². The van der Waals surface area contributed by atoms with Crippen LogP contribution in [-0.4, -0.2) is 25.2 Å². The van der Waals surface area contributed by atoms with E-state index in [-0.39, 0.29) is 6.54 Å². The van der Waals surface area contributed by atoms with Crippen LogP contribution in [0.3, 0.4) is 0 Å². The number of rotatable bonds is 4. The third kappa shape index (κ3) is 5.24. The molecule has 29 heavy (non-hydrogen) atoms. The van der Waals surface area contributed by atoms with Gasteiger partial charge in [-0.15, -0.1) is 11.8 Å². The summed E-state index contributed by atoms with van der Waals surface area (Å²) in [5.41, 5.74) is 2.85. The predicted molar refractivity (Wildman–Crippen MR) is 104 cm³/mol. The molecular formula is C20H16ClF3N2O2S. The molecule has 0 aromatic heterocycles. The van der Waals surface area contributed by atoms with Gasteiger partial charge in [0, 0.05) is 17.2 Å². The van der Waals surface area contributed by atoms with Crippen LogP contribution in [0.15, 0.2) is 41.3 Å². The average Bonchev–Trinajstić information content (AvgIpc) is 2.89. The van der Waals surface area contributed by atoms with Gasteiger partial charge >= 0.3 is 12.1 Å². The van der Waals surface area contributed by atoms with E-state index in [9.17, 15) is 18.0 Å². The Kier molecular flexibility index (Phi) is 6.73. The van der Waals surface area contributed by atoms with Crippen molar-refractivity contribution in [2.24, 2.45) is 0 Å². The summed E-state index contributed by atoms with van der Waals surface area (Å²) in [6.07, 6.45) is -5.55. The van der Waals surface area contributed by atoms with Crippen molar-refractivity contribution in [1.29, 1.82) is 5.26 Å². The van der Waals surface area contributed by atoms with Gasteiger partial charge in [-0.2, -0.15) is 18.4 Å². The first kappa shape index (κ1) is 21.5. The topological polar surface area (TPSA) is 62.1 Å². The predicted octanol–water partition coefficient (Wildman–Crippen LogP) is 4.80. The van der Waals surface area contributed by atoms with Gasteiger partial charge in [-0.3, -0.25) is 0 Å². The Balaban J connectivity index is 1.86. The lowest BCUT2D eigenvalue weighted by atomic mass is 10.0. The Hall–Kier alpha value is -2.21. The molecule has 0 bridgehead atoms. The van der Waals surface area contributed by atoms with Gasteiger partial charge in [-0.1, -0.05) is 29.8 Å². The molecule has 1 N–H and O–H groups in total. The maximum Gasteiger partial charge on any atom is 0.490 e. The van der Waals surface area contributed by atoms with E-state index in [4.69, 9.17) is 21.6 Å². The molecule has 0 fully saturated rings. The van der Waals surface area contributed by atoms with Gasteiger partial charge in [0.1, 0.15) is 6.10 Å². The van der Waals surface area contributed by atoms with Crippen LogP contribution in [0.2, 0.25) is 5.02 Å². The maximum atomic E-state index is 12.6. The molecule has 4 nitrogen and oxygen atoms in total. The van der Waals surface area contributed by atoms with Crippen molar-refractivity contribution < 1.29 is 22.7 Å². The van der Waals surface area contributed by atoms with Gasteiger partial charge in [0.2, 0.25) is 0 Å². The highest BCUT2D eigenvalue weighted by molar-refractivity contribution is 7.98. The number of thioether (sulfide) groups is 1. The van der Waals surface area contributed by atoms with Crippen molar-refractivity contribution in [1.82, 2.24) is 5.32 Å². The molecule has 0 radical (unpaired) electrons. The number of hydrogen-bond donors (Lipinski definition) is 1. The van der Waals surface area contributed by atoms with Crippen LogP contribution in [-0.2, 0) is 21.7 Å². The van der Waals surface area contributed by atoms with Crippen LogP contribution >= 0.6 is 23.4 Å². The van der Waals surface area contributed by atoms with Crippen LogP contribution in [0.25, 0.3) is 0 Å². The Morgan fingerprint density at radius 3 is 2.66 bits per heavy atom. The van der Waals surface area contributed by atoms with Crippen molar-refractivity contribution in [2.45, 2.75) is 29.3 Å². The summed E-state index contributed by atoms with van der Waals surface area (Å²) in [5, 5.41) is 12.4. The van der Waals surface area contributed by atoms with Crippen molar-refractivity contribution >= 4 is 29.3 Å². The summed E-state index contributed by atoms with van der Waals surface area (Å²) in [4.78, 5) is 12.1. The zero-order valence-electron chi connectivity index (χ0n) is 15.1. The smallest absolute Gasteiger partial charge is 0.449 e. The molecule has 0 aliphatic carbocycles. The highest BCUT2D eigenvalue weighted by atomic mass is 35.5. The van der Waals surface area contributed by atoms with E-state index in [1.165, 1.54) is 11.8 Å². The number of nitrogens with one attached hydrogen (secondary N) is 1. The second kappa shape index (κ2) is 9.08. The SMILES string of the molecule is N#Cc1ccc(CSc2c(Cl)ccc3c2CCNCC3OC(=O)C(F)(F)F)cc1. The molecule has 2 aromatic rings. The first-order valence-electron chi connectivity index (χ1n) is 8.71. The second-order valence-electron chi connectivity index (χ2n) is 6.39. The number of fused-ring (bicyclic) bond motifs is 1. The van der Waals surface area contributed by atoms with E-state index in [2.05, 4.69) is 11.4 Å². The summed E-state index contributed by atoms with van der Waals surface area (Å²) in [6.45, 7) is 0.619. The monoisotopic (exact) mass is 440 g/mol. The van der Waals surface area contributed by atoms with E-state index < -0.39 is 18.2 Å². The number of halogens is 4. The number of esters is 1. The molecule has 1 aliphatic heterocycles. The van der Waals surface area contributed by atoms with E-state index in [0.717, 1.165) is 16.0 Å². The van der Waals surface area contributed by atoms with Crippen LogP contribution in [0, 0.1) is 11.3 Å². The molecule has 0 amide bonds. The number of nitrogens with zero attached hydrogens (tertiary/aromatic N) is 1. The summed E-state index contributed by atoms with van der Waals surface area (Å²) in [7, 11) is 0.